The van der Waals surface area contributed by atoms with Crippen molar-refractivity contribution in [3.05, 3.63) is 40.0 Å². The SMILES string of the molecule is Cc1cc(B2OC(C)(C)C(C)(C)O2)cc(C)c1Oc1cc(C(C)C)c(Cl)nn1. The molecule has 0 saturated carbocycles. The van der Waals surface area contributed by atoms with Crippen LogP contribution in [0.25, 0.3) is 0 Å². The Labute approximate surface area is 172 Å². The van der Waals surface area contributed by atoms with E-state index in [1.54, 1.807) is 0 Å². The van der Waals surface area contributed by atoms with Gasteiger partial charge in [0.05, 0.1) is 11.2 Å². The number of aromatic nitrogens is 2. The summed E-state index contributed by atoms with van der Waals surface area (Å²) in [6, 6.07) is 5.93. The zero-order valence-electron chi connectivity index (χ0n) is 17.9. The third kappa shape index (κ3) is 3.91. The van der Waals surface area contributed by atoms with Gasteiger partial charge in [-0.15, -0.1) is 10.2 Å². The fraction of sp³-hybridized carbons (Fsp3) is 0.524. The van der Waals surface area contributed by atoms with Gasteiger partial charge >= 0.3 is 7.12 Å². The Balaban J connectivity index is 1.89. The number of nitrogens with zero attached hydrogens (tertiary/aromatic N) is 2. The molecular formula is C21H28BClN2O3. The van der Waals surface area contributed by atoms with E-state index in [0.29, 0.717) is 11.0 Å². The summed E-state index contributed by atoms with van der Waals surface area (Å²) < 4.78 is 18.4. The van der Waals surface area contributed by atoms with Crippen molar-refractivity contribution < 1.29 is 14.0 Å². The van der Waals surface area contributed by atoms with E-state index in [1.165, 1.54) is 0 Å². The summed E-state index contributed by atoms with van der Waals surface area (Å²) in [7, 11) is -0.403. The molecule has 1 aromatic carbocycles. The zero-order valence-corrected chi connectivity index (χ0v) is 18.6. The van der Waals surface area contributed by atoms with Crippen molar-refractivity contribution in [3.63, 3.8) is 0 Å². The molecule has 5 nitrogen and oxygen atoms in total. The molecule has 2 heterocycles. The van der Waals surface area contributed by atoms with Crippen molar-refractivity contribution in [1.82, 2.24) is 10.2 Å². The molecule has 1 fully saturated rings. The maximum absolute atomic E-state index is 6.17. The highest BCUT2D eigenvalue weighted by molar-refractivity contribution is 6.62. The third-order valence-corrected chi connectivity index (χ3v) is 5.88. The molecule has 150 valence electrons. The molecule has 0 amide bonds. The van der Waals surface area contributed by atoms with Crippen LogP contribution in [0.4, 0.5) is 0 Å². The van der Waals surface area contributed by atoms with E-state index in [0.717, 1.165) is 27.9 Å². The molecular weight excluding hydrogens is 375 g/mol. The van der Waals surface area contributed by atoms with Crippen molar-refractivity contribution in [3.8, 4) is 11.6 Å². The second-order valence-corrected chi connectivity index (χ2v) is 9.12. The number of halogens is 1. The quantitative estimate of drug-likeness (QED) is 0.676. The van der Waals surface area contributed by atoms with Crippen LogP contribution in [-0.2, 0) is 9.31 Å². The topological polar surface area (TPSA) is 53.5 Å². The van der Waals surface area contributed by atoms with Gasteiger partial charge in [-0.05, 0) is 69.6 Å². The van der Waals surface area contributed by atoms with Crippen LogP contribution in [0.15, 0.2) is 18.2 Å². The van der Waals surface area contributed by atoms with Crippen molar-refractivity contribution in [1.29, 1.82) is 0 Å². The Morgan fingerprint density at radius 2 is 1.50 bits per heavy atom. The van der Waals surface area contributed by atoms with E-state index in [1.807, 2.05) is 32.0 Å². The maximum Gasteiger partial charge on any atom is 0.494 e. The number of hydrogen-bond donors (Lipinski definition) is 0. The smallest absolute Gasteiger partial charge is 0.437 e. The Kier molecular flexibility index (Phi) is 5.52. The van der Waals surface area contributed by atoms with E-state index in [4.69, 9.17) is 25.6 Å². The van der Waals surface area contributed by atoms with Crippen LogP contribution >= 0.6 is 11.6 Å². The fourth-order valence-corrected chi connectivity index (χ4v) is 3.50. The van der Waals surface area contributed by atoms with E-state index in [2.05, 4.69) is 51.7 Å². The highest BCUT2D eigenvalue weighted by atomic mass is 35.5. The van der Waals surface area contributed by atoms with Crippen LogP contribution in [0.1, 0.15) is 64.2 Å². The lowest BCUT2D eigenvalue weighted by Gasteiger charge is -2.32. The van der Waals surface area contributed by atoms with Gasteiger partial charge < -0.3 is 14.0 Å². The molecule has 1 aliphatic heterocycles. The summed E-state index contributed by atoms with van der Waals surface area (Å²) in [6.45, 7) is 16.3. The van der Waals surface area contributed by atoms with Gasteiger partial charge in [-0.25, -0.2) is 0 Å². The fourth-order valence-electron chi connectivity index (χ4n) is 3.19. The molecule has 1 saturated heterocycles. The molecule has 28 heavy (non-hydrogen) atoms. The van der Waals surface area contributed by atoms with Gasteiger partial charge in [0.2, 0.25) is 5.88 Å². The lowest BCUT2D eigenvalue weighted by molar-refractivity contribution is 0.00578. The molecule has 1 aromatic heterocycles. The Hall–Kier alpha value is -1.63. The molecule has 0 atom stereocenters. The van der Waals surface area contributed by atoms with Crippen LogP contribution < -0.4 is 10.2 Å². The molecule has 2 aromatic rings. The number of ether oxygens (including phenoxy) is 1. The van der Waals surface area contributed by atoms with Gasteiger partial charge in [-0.3, -0.25) is 0 Å². The van der Waals surface area contributed by atoms with Crippen molar-refractivity contribution in [2.75, 3.05) is 0 Å². The maximum atomic E-state index is 6.17. The van der Waals surface area contributed by atoms with Crippen molar-refractivity contribution in [2.45, 2.75) is 72.5 Å². The first-order chi connectivity index (χ1) is 12.9. The van der Waals surface area contributed by atoms with Gasteiger partial charge in [-0.1, -0.05) is 37.6 Å². The monoisotopic (exact) mass is 402 g/mol. The normalized spacial score (nSPS) is 18.0. The number of hydrogen-bond acceptors (Lipinski definition) is 5. The molecule has 0 N–H and O–H groups in total. The summed E-state index contributed by atoms with van der Waals surface area (Å²) in [5.74, 6) is 1.42. The van der Waals surface area contributed by atoms with E-state index >= 15 is 0 Å². The number of benzene rings is 1. The highest BCUT2D eigenvalue weighted by Crippen LogP contribution is 2.37. The zero-order chi connectivity index (χ0) is 20.9. The number of aryl methyl sites for hydroxylation is 2. The van der Waals surface area contributed by atoms with Crippen LogP contribution in [0.3, 0.4) is 0 Å². The standard InChI is InChI=1S/C21H28BClN2O3/c1-12(2)16-11-17(24-25-19(16)23)26-18-13(3)9-15(10-14(18)4)22-27-20(5,6)21(7,8)28-22/h9-12H,1-8H3. The summed E-state index contributed by atoms with van der Waals surface area (Å²) in [4.78, 5) is 0. The van der Waals surface area contributed by atoms with Crippen LogP contribution in [0.2, 0.25) is 5.15 Å². The largest absolute Gasteiger partial charge is 0.494 e. The molecule has 0 aliphatic carbocycles. The lowest BCUT2D eigenvalue weighted by atomic mass is 9.77. The van der Waals surface area contributed by atoms with Gasteiger partial charge in [-0.2, -0.15) is 0 Å². The van der Waals surface area contributed by atoms with Gasteiger partial charge in [0, 0.05) is 6.07 Å². The first kappa shape index (κ1) is 21.1. The van der Waals surface area contributed by atoms with Crippen LogP contribution in [-0.4, -0.2) is 28.5 Å². The minimum Gasteiger partial charge on any atom is -0.437 e. The average molecular weight is 403 g/mol. The molecule has 3 rings (SSSR count). The summed E-state index contributed by atoms with van der Waals surface area (Å²) in [6.07, 6.45) is 0. The Morgan fingerprint density at radius 1 is 0.964 bits per heavy atom. The Bertz CT molecular complexity index is 860. The lowest BCUT2D eigenvalue weighted by Crippen LogP contribution is -2.41. The second kappa shape index (κ2) is 7.32. The molecule has 0 unspecified atom stereocenters. The minimum absolute atomic E-state index is 0.235. The van der Waals surface area contributed by atoms with Gasteiger partial charge in [0.1, 0.15) is 5.75 Å². The van der Waals surface area contributed by atoms with Crippen LogP contribution in [0, 0.1) is 13.8 Å². The summed E-state index contributed by atoms with van der Waals surface area (Å²) in [5, 5.41) is 8.51. The van der Waals surface area contributed by atoms with E-state index in [9.17, 15) is 0 Å². The van der Waals surface area contributed by atoms with Gasteiger partial charge in [0.15, 0.2) is 5.15 Å². The average Bonchev–Trinajstić information content (AvgIpc) is 2.80. The Morgan fingerprint density at radius 3 is 2.00 bits per heavy atom. The highest BCUT2D eigenvalue weighted by Gasteiger charge is 2.51. The number of rotatable bonds is 4. The van der Waals surface area contributed by atoms with Crippen molar-refractivity contribution in [2.24, 2.45) is 0 Å². The predicted octanol–water partition coefficient (Wildman–Crippen LogP) is 4.96. The third-order valence-electron chi connectivity index (χ3n) is 5.59. The second-order valence-electron chi connectivity index (χ2n) is 8.76. The first-order valence-electron chi connectivity index (χ1n) is 9.59. The summed E-state index contributed by atoms with van der Waals surface area (Å²) >= 11 is 6.14. The first-order valence-corrected chi connectivity index (χ1v) is 9.97. The van der Waals surface area contributed by atoms with Crippen molar-refractivity contribution >= 4 is 24.2 Å². The predicted molar refractivity (Wildman–Crippen MR) is 113 cm³/mol. The molecule has 1 aliphatic rings. The van der Waals surface area contributed by atoms with E-state index in [-0.39, 0.29) is 17.1 Å². The molecule has 0 bridgehead atoms. The summed E-state index contributed by atoms with van der Waals surface area (Å²) in [5.41, 5.74) is 3.10. The van der Waals surface area contributed by atoms with E-state index < -0.39 is 7.12 Å². The van der Waals surface area contributed by atoms with Gasteiger partial charge in [0.25, 0.3) is 0 Å². The molecule has 0 spiro atoms. The molecule has 7 heteroatoms. The molecule has 0 radical (unpaired) electrons. The minimum atomic E-state index is -0.403. The van der Waals surface area contributed by atoms with Crippen LogP contribution in [0.5, 0.6) is 11.6 Å².